The van der Waals surface area contributed by atoms with Gasteiger partial charge in [0.15, 0.2) is 6.10 Å². The molecule has 0 saturated heterocycles. The molecule has 5 heteroatoms. The summed E-state index contributed by atoms with van der Waals surface area (Å²) in [5.41, 5.74) is 2.31. The summed E-state index contributed by atoms with van der Waals surface area (Å²) in [6.07, 6.45) is 7.46. The van der Waals surface area contributed by atoms with Crippen molar-refractivity contribution in [2.45, 2.75) is 90.0 Å². The fourth-order valence-corrected chi connectivity index (χ4v) is 7.21. The minimum atomic E-state index is -4.60. The van der Waals surface area contributed by atoms with E-state index in [-0.39, 0.29) is 10.8 Å². The summed E-state index contributed by atoms with van der Waals surface area (Å²) in [5.74, 6) is 1.75. The van der Waals surface area contributed by atoms with Crippen molar-refractivity contribution in [1.29, 1.82) is 0 Å². The lowest BCUT2D eigenvalue weighted by atomic mass is 9.46. The molecule has 0 radical (unpaired) electrons. The van der Waals surface area contributed by atoms with Crippen LogP contribution in [0.1, 0.15) is 72.1 Å². The Morgan fingerprint density at radius 2 is 1.80 bits per heavy atom. The molecule has 0 spiro atoms. The van der Waals surface area contributed by atoms with E-state index in [0.717, 1.165) is 51.0 Å². The summed E-state index contributed by atoms with van der Waals surface area (Å²) in [5, 5.41) is 19.8. The van der Waals surface area contributed by atoms with E-state index in [4.69, 9.17) is 0 Å². The molecule has 0 aromatic heterocycles. The predicted octanol–water partition coefficient (Wildman–Crippen LogP) is 6.11. The van der Waals surface area contributed by atoms with E-state index in [1.54, 1.807) is 0 Å². The Hall–Kier alpha value is -1.07. The minimum Gasteiger partial charge on any atom is -0.390 e. The number of aliphatic hydroxyl groups is 2. The van der Waals surface area contributed by atoms with Gasteiger partial charge < -0.3 is 10.2 Å². The summed E-state index contributed by atoms with van der Waals surface area (Å²) in [6.45, 7) is 6.65. The van der Waals surface area contributed by atoms with Crippen LogP contribution in [0, 0.1) is 28.6 Å². The Kier molecular flexibility index (Phi) is 5.33. The van der Waals surface area contributed by atoms with Crippen LogP contribution in [-0.2, 0) is 0 Å². The van der Waals surface area contributed by atoms with Crippen molar-refractivity contribution >= 4 is 0 Å². The van der Waals surface area contributed by atoms with Crippen molar-refractivity contribution in [2.75, 3.05) is 0 Å². The monoisotopic (exact) mass is 424 g/mol. The van der Waals surface area contributed by atoms with Gasteiger partial charge in [-0.3, -0.25) is 0 Å². The van der Waals surface area contributed by atoms with E-state index in [1.807, 2.05) is 6.92 Å². The van der Waals surface area contributed by atoms with Crippen LogP contribution in [-0.4, -0.2) is 28.1 Å². The molecule has 4 rings (SSSR count). The Morgan fingerprint density at radius 3 is 2.50 bits per heavy atom. The largest absolute Gasteiger partial charge is 0.417 e. The van der Waals surface area contributed by atoms with Crippen LogP contribution in [0.15, 0.2) is 35.5 Å². The maximum absolute atomic E-state index is 12.6. The van der Waals surface area contributed by atoms with Gasteiger partial charge in [0.25, 0.3) is 0 Å². The van der Waals surface area contributed by atoms with E-state index in [1.165, 1.54) is 17.2 Å². The molecule has 0 amide bonds. The number of alkyl halides is 3. The zero-order valence-corrected chi connectivity index (χ0v) is 18.3. The summed E-state index contributed by atoms with van der Waals surface area (Å²) in [6, 6.07) is 0. The number of allylic oxidation sites excluding steroid dienone is 4. The molecule has 2 saturated carbocycles. The van der Waals surface area contributed by atoms with E-state index in [0.29, 0.717) is 24.2 Å². The topological polar surface area (TPSA) is 40.5 Å². The average molecular weight is 425 g/mol. The summed E-state index contributed by atoms with van der Waals surface area (Å²) in [4.78, 5) is 0. The molecule has 4 aliphatic carbocycles. The molecular weight excluding hydrogens is 389 g/mol. The summed E-state index contributed by atoms with van der Waals surface area (Å²) >= 11 is 0. The average Bonchev–Trinajstić information content (AvgIpc) is 2.98. The Balaban J connectivity index is 1.50. The molecule has 7 atom stereocenters. The highest BCUT2D eigenvalue weighted by atomic mass is 19.4. The summed E-state index contributed by atoms with van der Waals surface area (Å²) < 4.78 is 37.7. The maximum Gasteiger partial charge on any atom is 0.417 e. The van der Waals surface area contributed by atoms with Crippen LogP contribution in [0.5, 0.6) is 0 Å². The van der Waals surface area contributed by atoms with E-state index >= 15 is 0 Å². The molecule has 0 bridgehead atoms. The highest BCUT2D eigenvalue weighted by molar-refractivity contribution is 5.31. The molecule has 2 fully saturated rings. The van der Waals surface area contributed by atoms with Gasteiger partial charge in [0.05, 0.1) is 5.60 Å². The second-order valence-corrected chi connectivity index (χ2v) is 11.0. The van der Waals surface area contributed by atoms with Gasteiger partial charge in [0.2, 0.25) is 0 Å². The maximum atomic E-state index is 12.6. The number of hydrogen-bond acceptors (Lipinski definition) is 2. The van der Waals surface area contributed by atoms with Crippen molar-refractivity contribution in [2.24, 2.45) is 28.6 Å². The third-order valence-electron chi connectivity index (χ3n) is 9.11. The lowest BCUT2D eigenvalue weighted by Gasteiger charge is -2.58. The van der Waals surface area contributed by atoms with Gasteiger partial charge in [-0.25, -0.2) is 0 Å². The summed E-state index contributed by atoms with van der Waals surface area (Å²) in [7, 11) is 0. The molecule has 168 valence electrons. The molecule has 0 aromatic rings. The third kappa shape index (κ3) is 3.60. The number of fused-ring (bicyclic) bond motifs is 5. The number of rotatable bonds is 3. The number of halogens is 3. The molecular formula is C25H35F3O2. The molecule has 4 unspecified atom stereocenters. The zero-order chi connectivity index (χ0) is 21.9. The Labute approximate surface area is 177 Å². The van der Waals surface area contributed by atoms with E-state index in [9.17, 15) is 23.4 Å². The number of aliphatic hydroxyl groups excluding tert-OH is 1. The second-order valence-electron chi connectivity index (χ2n) is 11.0. The molecule has 30 heavy (non-hydrogen) atoms. The molecule has 0 aliphatic heterocycles. The SMILES string of the molecule is C[C@]1(O)CC[C@@]2(C)C(=CCC3C2CC[C@]2(C)C(C/C=C/C(O)C(F)(F)F)=CCC32)C1. The minimum absolute atomic E-state index is 0.0382. The van der Waals surface area contributed by atoms with Crippen molar-refractivity contribution in [3.63, 3.8) is 0 Å². The van der Waals surface area contributed by atoms with Crippen LogP contribution in [0.25, 0.3) is 0 Å². The van der Waals surface area contributed by atoms with Crippen LogP contribution in [0.4, 0.5) is 13.2 Å². The molecule has 2 N–H and O–H groups in total. The molecule has 0 aromatic carbocycles. The molecule has 2 nitrogen and oxygen atoms in total. The number of hydrogen-bond donors (Lipinski definition) is 2. The zero-order valence-electron chi connectivity index (χ0n) is 18.3. The lowest BCUT2D eigenvalue weighted by molar-refractivity contribution is -0.187. The first-order chi connectivity index (χ1) is 13.9. The highest BCUT2D eigenvalue weighted by Gasteiger charge is 2.57. The fraction of sp³-hybridized carbons (Fsp3) is 0.760. The van der Waals surface area contributed by atoms with Crippen molar-refractivity contribution in [3.05, 3.63) is 35.5 Å². The van der Waals surface area contributed by atoms with Gasteiger partial charge in [0.1, 0.15) is 0 Å². The van der Waals surface area contributed by atoms with Crippen molar-refractivity contribution in [1.82, 2.24) is 0 Å². The molecule has 4 aliphatic rings. The van der Waals surface area contributed by atoms with Crippen LogP contribution in [0.3, 0.4) is 0 Å². The van der Waals surface area contributed by atoms with Gasteiger partial charge in [-0.2, -0.15) is 13.2 Å². The quantitative estimate of drug-likeness (QED) is 0.537. The first kappa shape index (κ1) is 22.1. The van der Waals surface area contributed by atoms with E-state index in [2.05, 4.69) is 26.0 Å². The first-order valence-corrected chi connectivity index (χ1v) is 11.4. The van der Waals surface area contributed by atoms with Gasteiger partial charge in [-0.05, 0) is 86.9 Å². The fourth-order valence-electron chi connectivity index (χ4n) is 7.21. The third-order valence-corrected chi connectivity index (χ3v) is 9.11. The Morgan fingerprint density at radius 1 is 1.07 bits per heavy atom. The van der Waals surface area contributed by atoms with Crippen LogP contribution < -0.4 is 0 Å². The van der Waals surface area contributed by atoms with Gasteiger partial charge >= 0.3 is 6.18 Å². The van der Waals surface area contributed by atoms with Gasteiger partial charge in [-0.15, -0.1) is 0 Å². The lowest BCUT2D eigenvalue weighted by Crippen LogP contribution is -2.51. The smallest absolute Gasteiger partial charge is 0.390 e. The normalized spacial score (nSPS) is 44.7. The first-order valence-electron chi connectivity index (χ1n) is 11.4. The second kappa shape index (κ2) is 7.23. The Bertz CT molecular complexity index is 778. The predicted molar refractivity (Wildman–Crippen MR) is 112 cm³/mol. The van der Waals surface area contributed by atoms with Gasteiger partial charge in [0, 0.05) is 0 Å². The van der Waals surface area contributed by atoms with E-state index < -0.39 is 17.9 Å². The van der Waals surface area contributed by atoms with Crippen molar-refractivity contribution < 1.29 is 23.4 Å². The highest BCUT2D eigenvalue weighted by Crippen LogP contribution is 2.65. The standard InChI is InChI=1S/C25H35F3O2/c1-22(30)13-14-24(3)17(15-22)7-9-18-19-10-8-16(23(19,2)12-11-20(18)24)5-4-6-21(29)25(26,27)28/h4,6-8,18-21,29-30H,5,9-15H2,1-3H3/b6-4+/t18?,19?,20?,21?,22-,23+,24-/m0/s1. The van der Waals surface area contributed by atoms with Gasteiger partial charge in [-0.1, -0.05) is 49.3 Å². The van der Waals surface area contributed by atoms with Crippen LogP contribution >= 0.6 is 0 Å². The molecule has 0 heterocycles. The van der Waals surface area contributed by atoms with Crippen molar-refractivity contribution in [3.8, 4) is 0 Å². The van der Waals surface area contributed by atoms with Crippen LogP contribution in [0.2, 0.25) is 0 Å².